The van der Waals surface area contributed by atoms with Gasteiger partial charge in [-0.1, -0.05) is 0 Å². The van der Waals surface area contributed by atoms with Crippen LogP contribution in [0.5, 0.6) is 5.88 Å². The van der Waals surface area contributed by atoms with Crippen molar-refractivity contribution >= 4 is 5.91 Å². The second-order valence-electron chi connectivity index (χ2n) is 6.14. The normalized spacial score (nSPS) is 20.5. The van der Waals surface area contributed by atoms with Crippen molar-refractivity contribution in [2.24, 2.45) is 0 Å². The predicted octanol–water partition coefficient (Wildman–Crippen LogP) is 2.90. The zero-order valence-electron chi connectivity index (χ0n) is 14.0. The molecule has 0 radical (unpaired) electrons. The molecule has 0 N–H and O–H groups in total. The van der Waals surface area contributed by atoms with Crippen LogP contribution in [0.4, 0.5) is 0 Å². The smallest absolute Gasteiger partial charge is 0.259 e. The van der Waals surface area contributed by atoms with Crippen LogP contribution in [-0.2, 0) is 4.74 Å². The van der Waals surface area contributed by atoms with Gasteiger partial charge in [0.25, 0.3) is 5.91 Å². The van der Waals surface area contributed by atoms with Crippen molar-refractivity contribution in [3.05, 3.63) is 23.9 Å². The monoisotopic (exact) mass is 306 g/mol. The summed E-state index contributed by atoms with van der Waals surface area (Å²) >= 11 is 0. The first-order chi connectivity index (χ1) is 10.5. The molecule has 1 atom stereocenters. The van der Waals surface area contributed by atoms with E-state index in [0.29, 0.717) is 31.2 Å². The Bertz CT molecular complexity index is 516. The number of rotatable bonds is 5. The van der Waals surface area contributed by atoms with Gasteiger partial charge in [-0.05, 0) is 52.7 Å². The third-order valence-electron chi connectivity index (χ3n) is 4.00. The van der Waals surface area contributed by atoms with E-state index in [0.717, 1.165) is 12.8 Å². The molecule has 1 aromatic heterocycles. The van der Waals surface area contributed by atoms with E-state index in [1.807, 2.05) is 18.7 Å². The van der Waals surface area contributed by atoms with Crippen LogP contribution < -0.4 is 4.74 Å². The van der Waals surface area contributed by atoms with Crippen molar-refractivity contribution in [2.75, 3.05) is 19.8 Å². The molecule has 1 aliphatic heterocycles. The highest BCUT2D eigenvalue weighted by molar-refractivity contribution is 5.96. The van der Waals surface area contributed by atoms with Crippen LogP contribution in [-0.4, -0.2) is 47.2 Å². The van der Waals surface area contributed by atoms with E-state index in [2.05, 4.69) is 18.8 Å². The van der Waals surface area contributed by atoms with Gasteiger partial charge in [0.1, 0.15) is 5.56 Å². The molecule has 5 heteroatoms. The van der Waals surface area contributed by atoms with E-state index in [1.165, 1.54) is 0 Å². The van der Waals surface area contributed by atoms with Crippen molar-refractivity contribution in [1.82, 2.24) is 9.88 Å². The molecule has 1 aromatic rings. The second kappa shape index (κ2) is 7.09. The maximum Gasteiger partial charge on any atom is 0.259 e. The Morgan fingerprint density at radius 1 is 1.50 bits per heavy atom. The standard InChI is InChI=1S/C17H26N2O3/c1-5-19(13-9-11-22-17(3,4)12-13)16(20)14-8-7-10-18-15(14)21-6-2/h7-8,10,13H,5-6,9,11-12H2,1-4H3. The topological polar surface area (TPSA) is 51.7 Å². The lowest BCUT2D eigenvalue weighted by molar-refractivity contribution is -0.0777. The molecule has 0 bridgehead atoms. The lowest BCUT2D eigenvalue weighted by Crippen LogP contribution is -2.48. The van der Waals surface area contributed by atoms with Gasteiger partial charge in [0.15, 0.2) is 0 Å². The Labute approximate surface area is 132 Å². The molecule has 1 fully saturated rings. The lowest BCUT2D eigenvalue weighted by Gasteiger charge is -2.41. The summed E-state index contributed by atoms with van der Waals surface area (Å²) in [5, 5.41) is 0. The van der Waals surface area contributed by atoms with Crippen LogP contribution in [0, 0.1) is 0 Å². The van der Waals surface area contributed by atoms with Gasteiger partial charge in [-0.2, -0.15) is 0 Å². The van der Waals surface area contributed by atoms with Gasteiger partial charge in [-0.25, -0.2) is 4.98 Å². The molecule has 0 spiro atoms. The van der Waals surface area contributed by atoms with E-state index < -0.39 is 0 Å². The summed E-state index contributed by atoms with van der Waals surface area (Å²) in [6.45, 7) is 9.90. The number of ether oxygens (including phenoxy) is 2. The Morgan fingerprint density at radius 2 is 2.27 bits per heavy atom. The third kappa shape index (κ3) is 3.77. The minimum atomic E-state index is -0.186. The van der Waals surface area contributed by atoms with E-state index in [1.54, 1.807) is 18.3 Å². The summed E-state index contributed by atoms with van der Waals surface area (Å²) in [7, 11) is 0. The summed E-state index contributed by atoms with van der Waals surface area (Å²) < 4.78 is 11.3. The molecule has 2 rings (SSSR count). The molecule has 1 amide bonds. The number of amides is 1. The van der Waals surface area contributed by atoms with E-state index >= 15 is 0 Å². The van der Waals surface area contributed by atoms with Crippen LogP contribution in [0.25, 0.3) is 0 Å². The zero-order valence-corrected chi connectivity index (χ0v) is 14.0. The predicted molar refractivity (Wildman–Crippen MR) is 85.2 cm³/mol. The van der Waals surface area contributed by atoms with Gasteiger partial charge in [-0.15, -0.1) is 0 Å². The van der Waals surface area contributed by atoms with Crippen molar-refractivity contribution in [2.45, 2.75) is 52.2 Å². The van der Waals surface area contributed by atoms with E-state index in [4.69, 9.17) is 9.47 Å². The number of aromatic nitrogens is 1. The first kappa shape index (κ1) is 16.7. The van der Waals surface area contributed by atoms with Crippen LogP contribution >= 0.6 is 0 Å². The first-order valence-corrected chi connectivity index (χ1v) is 8.01. The average molecular weight is 306 g/mol. The number of hydrogen-bond donors (Lipinski definition) is 0. The summed E-state index contributed by atoms with van der Waals surface area (Å²) in [6.07, 6.45) is 3.36. The number of pyridine rings is 1. The maximum atomic E-state index is 12.9. The van der Waals surface area contributed by atoms with Crippen LogP contribution in [0.2, 0.25) is 0 Å². The van der Waals surface area contributed by atoms with Gasteiger partial charge >= 0.3 is 0 Å². The molecule has 0 aliphatic carbocycles. The summed E-state index contributed by atoms with van der Waals surface area (Å²) in [5.74, 6) is 0.404. The van der Waals surface area contributed by atoms with Crippen LogP contribution in [0.1, 0.15) is 50.9 Å². The van der Waals surface area contributed by atoms with Crippen molar-refractivity contribution < 1.29 is 14.3 Å². The molecule has 1 aliphatic rings. The molecule has 5 nitrogen and oxygen atoms in total. The lowest BCUT2D eigenvalue weighted by atomic mass is 9.92. The highest BCUT2D eigenvalue weighted by Gasteiger charge is 2.34. The molecular weight excluding hydrogens is 280 g/mol. The second-order valence-corrected chi connectivity index (χ2v) is 6.14. The van der Waals surface area contributed by atoms with Gasteiger partial charge in [-0.3, -0.25) is 4.79 Å². The van der Waals surface area contributed by atoms with E-state index in [9.17, 15) is 4.79 Å². The van der Waals surface area contributed by atoms with Crippen molar-refractivity contribution in [1.29, 1.82) is 0 Å². The molecule has 2 heterocycles. The van der Waals surface area contributed by atoms with Gasteiger partial charge < -0.3 is 14.4 Å². The van der Waals surface area contributed by atoms with Crippen molar-refractivity contribution in [3.63, 3.8) is 0 Å². The Balaban J connectivity index is 2.22. The summed E-state index contributed by atoms with van der Waals surface area (Å²) in [4.78, 5) is 19.1. The largest absolute Gasteiger partial charge is 0.477 e. The molecule has 1 unspecified atom stereocenters. The minimum absolute atomic E-state index is 0.0123. The quantitative estimate of drug-likeness (QED) is 0.839. The fraction of sp³-hybridized carbons (Fsp3) is 0.647. The first-order valence-electron chi connectivity index (χ1n) is 8.01. The Morgan fingerprint density at radius 3 is 2.91 bits per heavy atom. The number of nitrogens with zero attached hydrogens (tertiary/aromatic N) is 2. The molecule has 22 heavy (non-hydrogen) atoms. The zero-order chi connectivity index (χ0) is 16.2. The van der Waals surface area contributed by atoms with Crippen molar-refractivity contribution in [3.8, 4) is 5.88 Å². The molecule has 0 aromatic carbocycles. The summed E-state index contributed by atoms with van der Waals surface area (Å²) in [5.41, 5.74) is 0.351. The fourth-order valence-electron chi connectivity index (χ4n) is 2.99. The highest BCUT2D eigenvalue weighted by Crippen LogP contribution is 2.29. The Kier molecular flexibility index (Phi) is 5.40. The number of carbonyl (C=O) groups excluding carboxylic acids is 1. The third-order valence-corrected chi connectivity index (χ3v) is 4.00. The summed E-state index contributed by atoms with van der Waals surface area (Å²) in [6, 6.07) is 3.75. The Hall–Kier alpha value is -1.62. The highest BCUT2D eigenvalue weighted by atomic mass is 16.5. The van der Waals surface area contributed by atoms with Gasteiger partial charge in [0.2, 0.25) is 5.88 Å². The average Bonchev–Trinajstić information content (AvgIpc) is 2.48. The SMILES string of the molecule is CCOc1ncccc1C(=O)N(CC)C1CCOC(C)(C)C1. The fourth-order valence-corrected chi connectivity index (χ4v) is 2.99. The maximum absolute atomic E-state index is 12.9. The number of carbonyl (C=O) groups is 1. The van der Waals surface area contributed by atoms with Crippen LogP contribution in [0.15, 0.2) is 18.3 Å². The molecule has 1 saturated heterocycles. The van der Waals surface area contributed by atoms with E-state index in [-0.39, 0.29) is 17.6 Å². The van der Waals surface area contributed by atoms with Gasteiger partial charge in [0, 0.05) is 25.4 Å². The molecule has 122 valence electrons. The van der Waals surface area contributed by atoms with Crippen LogP contribution in [0.3, 0.4) is 0 Å². The number of hydrogen-bond acceptors (Lipinski definition) is 4. The molecular formula is C17H26N2O3. The minimum Gasteiger partial charge on any atom is -0.477 e. The molecule has 0 saturated carbocycles. The van der Waals surface area contributed by atoms with Gasteiger partial charge in [0.05, 0.1) is 12.2 Å².